The third kappa shape index (κ3) is 4.49. The summed E-state index contributed by atoms with van der Waals surface area (Å²) in [4.78, 5) is 33.2. The van der Waals surface area contributed by atoms with Gasteiger partial charge < -0.3 is 24.6 Å². The van der Waals surface area contributed by atoms with Crippen molar-refractivity contribution in [3.05, 3.63) is 0 Å². The number of aliphatic hydroxyl groups is 1. The molecule has 1 amide bonds. The molecular weight excluding hydrogens is 258 g/mol. The number of carbonyl (C=O) groups is 3. The van der Waals surface area contributed by atoms with Gasteiger partial charge in [0.25, 0.3) is 0 Å². The molecule has 1 aliphatic heterocycles. The van der Waals surface area contributed by atoms with Gasteiger partial charge in [-0.25, -0.2) is 0 Å². The number of ether oxygens (including phenoxy) is 3. The summed E-state index contributed by atoms with van der Waals surface area (Å²) in [5, 5.41) is 12.1. The summed E-state index contributed by atoms with van der Waals surface area (Å²) in [6.07, 6.45) is -3.24. The van der Waals surface area contributed by atoms with Crippen LogP contribution in [-0.2, 0) is 28.6 Å². The first-order valence-corrected chi connectivity index (χ1v) is 5.72. The predicted molar refractivity (Wildman–Crippen MR) is 60.7 cm³/mol. The van der Waals surface area contributed by atoms with Crippen molar-refractivity contribution in [3.8, 4) is 0 Å². The summed E-state index contributed by atoms with van der Waals surface area (Å²) in [7, 11) is 0. The van der Waals surface area contributed by atoms with Gasteiger partial charge in [0.1, 0.15) is 6.04 Å². The molecule has 19 heavy (non-hydrogen) atoms. The maximum absolute atomic E-state index is 11.1. The van der Waals surface area contributed by atoms with Gasteiger partial charge in [0.05, 0.1) is 6.61 Å². The Bertz CT molecular complexity index is 370. The first kappa shape index (κ1) is 15.4. The van der Waals surface area contributed by atoms with E-state index in [4.69, 9.17) is 14.2 Å². The second-order valence-corrected chi connectivity index (χ2v) is 4.17. The van der Waals surface area contributed by atoms with E-state index in [1.165, 1.54) is 20.8 Å². The molecule has 4 atom stereocenters. The second kappa shape index (κ2) is 6.48. The van der Waals surface area contributed by atoms with Crippen LogP contribution in [0.3, 0.4) is 0 Å². The molecule has 0 saturated carbocycles. The van der Waals surface area contributed by atoms with Crippen LogP contribution in [-0.4, -0.2) is 54.1 Å². The highest BCUT2D eigenvalue weighted by Gasteiger charge is 2.44. The molecule has 1 saturated heterocycles. The largest absolute Gasteiger partial charge is 0.456 e. The topological polar surface area (TPSA) is 111 Å². The molecule has 1 rings (SSSR count). The number of hydrogen-bond donors (Lipinski definition) is 2. The van der Waals surface area contributed by atoms with Crippen LogP contribution in [0.4, 0.5) is 0 Å². The minimum absolute atomic E-state index is 0.130. The van der Waals surface area contributed by atoms with Crippen LogP contribution in [0.5, 0.6) is 0 Å². The summed E-state index contributed by atoms with van der Waals surface area (Å²) < 4.78 is 15.0. The van der Waals surface area contributed by atoms with Gasteiger partial charge in [-0.3, -0.25) is 14.4 Å². The molecule has 1 aliphatic rings. The van der Waals surface area contributed by atoms with E-state index in [2.05, 4.69) is 5.32 Å². The third-order valence-electron chi connectivity index (χ3n) is 2.45. The van der Waals surface area contributed by atoms with Crippen LogP contribution in [0.15, 0.2) is 0 Å². The van der Waals surface area contributed by atoms with Gasteiger partial charge in [-0.05, 0) is 0 Å². The van der Waals surface area contributed by atoms with Crippen molar-refractivity contribution in [3.63, 3.8) is 0 Å². The Balaban J connectivity index is 2.89. The fourth-order valence-corrected chi connectivity index (χ4v) is 1.83. The molecule has 0 aromatic rings. The molecule has 1 fully saturated rings. The molecule has 1 unspecified atom stereocenters. The maximum Gasteiger partial charge on any atom is 0.303 e. The fourth-order valence-electron chi connectivity index (χ4n) is 1.83. The van der Waals surface area contributed by atoms with Gasteiger partial charge in [0.2, 0.25) is 5.91 Å². The molecule has 0 bridgehead atoms. The van der Waals surface area contributed by atoms with Crippen molar-refractivity contribution in [2.75, 3.05) is 6.61 Å². The van der Waals surface area contributed by atoms with Crippen molar-refractivity contribution in [1.82, 2.24) is 5.32 Å². The Morgan fingerprint density at radius 2 is 1.74 bits per heavy atom. The van der Waals surface area contributed by atoms with Gasteiger partial charge in [0, 0.05) is 20.8 Å². The maximum atomic E-state index is 11.1. The van der Waals surface area contributed by atoms with E-state index < -0.39 is 42.4 Å². The van der Waals surface area contributed by atoms with Crippen LogP contribution in [0.2, 0.25) is 0 Å². The summed E-state index contributed by atoms with van der Waals surface area (Å²) in [5.41, 5.74) is 0. The Hall–Kier alpha value is -1.67. The lowest BCUT2D eigenvalue weighted by atomic mass is 10.0. The average Bonchev–Trinajstić information content (AvgIpc) is 2.25. The van der Waals surface area contributed by atoms with Crippen molar-refractivity contribution in [1.29, 1.82) is 0 Å². The molecule has 0 aromatic heterocycles. The Morgan fingerprint density at radius 3 is 2.21 bits per heavy atom. The summed E-state index contributed by atoms with van der Waals surface area (Å²) in [5.74, 6) is -1.64. The van der Waals surface area contributed by atoms with E-state index in [0.717, 1.165) is 0 Å². The number of amides is 1. The predicted octanol–water partition coefficient (Wildman–Crippen LogP) is -1.30. The number of esters is 2. The van der Waals surface area contributed by atoms with Gasteiger partial charge in [-0.15, -0.1) is 0 Å². The van der Waals surface area contributed by atoms with Crippen molar-refractivity contribution < 1.29 is 33.7 Å². The van der Waals surface area contributed by atoms with Crippen LogP contribution < -0.4 is 5.32 Å². The molecule has 1 heterocycles. The lowest BCUT2D eigenvalue weighted by Crippen LogP contribution is -2.62. The average molecular weight is 275 g/mol. The van der Waals surface area contributed by atoms with Crippen LogP contribution in [0, 0.1) is 0 Å². The summed E-state index contributed by atoms with van der Waals surface area (Å²) in [6.45, 7) is 3.49. The van der Waals surface area contributed by atoms with Crippen LogP contribution in [0.25, 0.3) is 0 Å². The van der Waals surface area contributed by atoms with Gasteiger partial charge in [-0.1, -0.05) is 0 Å². The number of nitrogens with one attached hydrogen (secondary N) is 1. The highest BCUT2D eigenvalue weighted by molar-refractivity contribution is 5.73. The highest BCUT2D eigenvalue weighted by atomic mass is 16.6. The second-order valence-electron chi connectivity index (χ2n) is 4.17. The Kier molecular flexibility index (Phi) is 5.25. The zero-order chi connectivity index (χ0) is 14.6. The molecule has 108 valence electrons. The lowest BCUT2D eigenvalue weighted by Gasteiger charge is -2.39. The van der Waals surface area contributed by atoms with Gasteiger partial charge in [-0.2, -0.15) is 0 Å². The molecule has 0 aliphatic carbocycles. The first-order chi connectivity index (χ1) is 8.81. The quantitative estimate of drug-likeness (QED) is 0.616. The molecule has 0 spiro atoms. The van der Waals surface area contributed by atoms with E-state index >= 15 is 0 Å². The van der Waals surface area contributed by atoms with Crippen molar-refractivity contribution >= 4 is 17.8 Å². The number of rotatable bonds is 3. The van der Waals surface area contributed by atoms with Crippen molar-refractivity contribution in [2.24, 2.45) is 0 Å². The summed E-state index contributed by atoms with van der Waals surface area (Å²) in [6, 6.07) is -1.00. The van der Waals surface area contributed by atoms with Crippen LogP contribution >= 0.6 is 0 Å². The molecule has 0 radical (unpaired) electrons. The first-order valence-electron chi connectivity index (χ1n) is 5.72. The normalized spacial score (nSPS) is 30.3. The van der Waals surface area contributed by atoms with Crippen molar-refractivity contribution in [2.45, 2.75) is 45.3 Å². The molecular formula is C11H17NO7. The Labute approximate surface area is 110 Å². The summed E-state index contributed by atoms with van der Waals surface area (Å²) >= 11 is 0. The third-order valence-corrected chi connectivity index (χ3v) is 2.45. The molecule has 0 aromatic carbocycles. The standard InChI is InChI=1S/C11H17NO7/c1-5(13)12-9-10(19-7(3)15)8(18-6(2)14)4-17-11(9)16/h8-11,16H,4H2,1-3H3,(H,12,13)/t8-,9+,10-,11?/m0/s1. The van der Waals surface area contributed by atoms with Crippen LogP contribution in [0.1, 0.15) is 20.8 Å². The van der Waals surface area contributed by atoms with E-state index in [9.17, 15) is 19.5 Å². The minimum Gasteiger partial charge on any atom is -0.456 e. The van der Waals surface area contributed by atoms with E-state index in [1.54, 1.807) is 0 Å². The van der Waals surface area contributed by atoms with Gasteiger partial charge >= 0.3 is 11.9 Å². The SMILES string of the molecule is CC(=O)N[C@H]1C(O)OC[C@H](OC(C)=O)[C@@H]1OC(C)=O. The number of aliphatic hydroxyl groups excluding tert-OH is 1. The fraction of sp³-hybridized carbons (Fsp3) is 0.727. The van der Waals surface area contributed by atoms with E-state index in [0.29, 0.717) is 0 Å². The zero-order valence-corrected chi connectivity index (χ0v) is 10.9. The van der Waals surface area contributed by atoms with Gasteiger partial charge in [0.15, 0.2) is 18.5 Å². The van der Waals surface area contributed by atoms with E-state index in [1.807, 2.05) is 0 Å². The molecule has 8 heteroatoms. The van der Waals surface area contributed by atoms with E-state index in [-0.39, 0.29) is 6.61 Å². The monoisotopic (exact) mass is 275 g/mol. The number of hydrogen-bond acceptors (Lipinski definition) is 7. The smallest absolute Gasteiger partial charge is 0.303 e. The molecule has 8 nitrogen and oxygen atoms in total. The Morgan fingerprint density at radius 1 is 1.16 bits per heavy atom. The number of carbonyl (C=O) groups excluding carboxylic acids is 3. The zero-order valence-electron chi connectivity index (χ0n) is 10.9. The highest BCUT2D eigenvalue weighted by Crippen LogP contribution is 2.20. The minimum atomic E-state index is -1.35. The lowest BCUT2D eigenvalue weighted by molar-refractivity contribution is -0.229. The molecule has 2 N–H and O–H groups in total.